The normalized spacial score (nSPS) is 16.0. The SMILES string of the molecule is C=CCCCC1C=Cc2cccc(C=C)c2C1.CC. The van der Waals surface area contributed by atoms with E-state index in [0.29, 0.717) is 5.92 Å². The average molecular weight is 254 g/mol. The van der Waals surface area contributed by atoms with Crippen LogP contribution in [0, 0.1) is 5.92 Å². The molecule has 0 spiro atoms. The van der Waals surface area contributed by atoms with Crippen LogP contribution in [0.4, 0.5) is 0 Å². The molecule has 1 aromatic carbocycles. The van der Waals surface area contributed by atoms with Crippen LogP contribution in [-0.2, 0) is 6.42 Å². The number of hydrogen-bond donors (Lipinski definition) is 0. The van der Waals surface area contributed by atoms with Crippen LogP contribution in [0.3, 0.4) is 0 Å². The van der Waals surface area contributed by atoms with Crippen LogP contribution in [0.1, 0.15) is 49.8 Å². The zero-order valence-corrected chi connectivity index (χ0v) is 12.4. The van der Waals surface area contributed by atoms with Crippen molar-refractivity contribution in [2.75, 3.05) is 0 Å². The molecule has 0 fully saturated rings. The van der Waals surface area contributed by atoms with Crippen molar-refractivity contribution in [2.24, 2.45) is 5.92 Å². The zero-order valence-electron chi connectivity index (χ0n) is 12.4. The van der Waals surface area contributed by atoms with Crippen LogP contribution < -0.4 is 0 Å². The molecule has 0 bridgehead atoms. The lowest BCUT2D eigenvalue weighted by Gasteiger charge is -2.21. The first-order chi connectivity index (χ1) is 9.35. The van der Waals surface area contributed by atoms with E-state index in [2.05, 4.69) is 43.5 Å². The van der Waals surface area contributed by atoms with Crippen molar-refractivity contribution < 1.29 is 0 Å². The number of rotatable bonds is 5. The van der Waals surface area contributed by atoms with Gasteiger partial charge in [0.25, 0.3) is 0 Å². The Morgan fingerprint density at radius 1 is 1.26 bits per heavy atom. The van der Waals surface area contributed by atoms with Gasteiger partial charge in [0.1, 0.15) is 0 Å². The van der Waals surface area contributed by atoms with Crippen LogP contribution in [0.2, 0.25) is 0 Å². The Bertz CT molecular complexity index is 437. The molecule has 0 saturated carbocycles. The van der Waals surface area contributed by atoms with Gasteiger partial charge in [-0.25, -0.2) is 0 Å². The van der Waals surface area contributed by atoms with Crippen LogP contribution in [0.15, 0.2) is 43.5 Å². The van der Waals surface area contributed by atoms with Gasteiger partial charge in [0.05, 0.1) is 0 Å². The van der Waals surface area contributed by atoms with E-state index in [0.717, 1.165) is 12.8 Å². The molecule has 0 nitrogen and oxygen atoms in total. The third kappa shape index (κ3) is 4.24. The standard InChI is InChI=1S/C17H20.C2H6/c1-3-5-6-8-14-11-12-16-10-7-9-15(4-2)17(16)13-14;1-2/h3-4,7,9-12,14H,1-2,5-6,8,13H2;1-2H3. The highest BCUT2D eigenvalue weighted by molar-refractivity contribution is 5.65. The van der Waals surface area contributed by atoms with Gasteiger partial charge in [-0.3, -0.25) is 0 Å². The second-order valence-electron chi connectivity index (χ2n) is 4.66. The van der Waals surface area contributed by atoms with Gasteiger partial charge < -0.3 is 0 Å². The fourth-order valence-electron chi connectivity index (χ4n) is 2.50. The highest BCUT2D eigenvalue weighted by Crippen LogP contribution is 2.29. The molecule has 0 N–H and O–H groups in total. The van der Waals surface area contributed by atoms with E-state index in [1.165, 1.54) is 29.5 Å². The van der Waals surface area contributed by atoms with Crippen molar-refractivity contribution >= 4 is 12.2 Å². The Hall–Kier alpha value is -1.56. The second-order valence-corrected chi connectivity index (χ2v) is 4.66. The lowest BCUT2D eigenvalue weighted by Crippen LogP contribution is -2.08. The Kier molecular flexibility index (Phi) is 6.95. The molecule has 0 saturated heterocycles. The van der Waals surface area contributed by atoms with Crippen LogP contribution >= 0.6 is 0 Å². The van der Waals surface area contributed by atoms with Gasteiger partial charge in [-0.1, -0.05) is 62.9 Å². The molecule has 0 heterocycles. The fraction of sp³-hybridized carbons (Fsp3) is 0.368. The minimum absolute atomic E-state index is 0.684. The topological polar surface area (TPSA) is 0 Å². The molecule has 19 heavy (non-hydrogen) atoms. The maximum atomic E-state index is 3.90. The summed E-state index contributed by atoms with van der Waals surface area (Å²) in [5, 5.41) is 0. The molecule has 102 valence electrons. The summed E-state index contributed by atoms with van der Waals surface area (Å²) in [6.07, 6.45) is 13.4. The molecule has 1 unspecified atom stereocenters. The molecule has 1 atom stereocenters. The molecule has 1 aliphatic rings. The van der Waals surface area contributed by atoms with Crippen molar-refractivity contribution in [3.8, 4) is 0 Å². The maximum absolute atomic E-state index is 3.90. The Morgan fingerprint density at radius 3 is 2.74 bits per heavy atom. The minimum atomic E-state index is 0.684. The molecule has 0 aromatic heterocycles. The highest BCUT2D eigenvalue weighted by Gasteiger charge is 2.15. The van der Waals surface area contributed by atoms with E-state index in [4.69, 9.17) is 0 Å². The monoisotopic (exact) mass is 254 g/mol. The molecule has 0 aliphatic heterocycles. The van der Waals surface area contributed by atoms with Gasteiger partial charge in [0, 0.05) is 0 Å². The fourth-order valence-corrected chi connectivity index (χ4v) is 2.50. The molecule has 0 amide bonds. The molecule has 2 rings (SSSR count). The summed E-state index contributed by atoms with van der Waals surface area (Å²) in [4.78, 5) is 0. The molecule has 0 radical (unpaired) electrons. The van der Waals surface area contributed by atoms with Crippen molar-refractivity contribution in [2.45, 2.75) is 39.5 Å². The summed E-state index contributed by atoms with van der Waals surface area (Å²) < 4.78 is 0. The first-order valence-corrected chi connectivity index (χ1v) is 7.38. The summed E-state index contributed by atoms with van der Waals surface area (Å²) in [6.45, 7) is 11.7. The lowest BCUT2D eigenvalue weighted by molar-refractivity contribution is 0.559. The van der Waals surface area contributed by atoms with E-state index in [9.17, 15) is 0 Å². The van der Waals surface area contributed by atoms with Crippen molar-refractivity contribution in [1.29, 1.82) is 0 Å². The van der Waals surface area contributed by atoms with Gasteiger partial charge in [0.15, 0.2) is 0 Å². The summed E-state index contributed by atoms with van der Waals surface area (Å²) in [7, 11) is 0. The maximum Gasteiger partial charge on any atom is -0.0189 e. The van der Waals surface area contributed by atoms with E-state index in [-0.39, 0.29) is 0 Å². The summed E-state index contributed by atoms with van der Waals surface area (Å²) in [5.41, 5.74) is 4.12. The van der Waals surface area contributed by atoms with E-state index in [1.54, 1.807) is 0 Å². The predicted molar refractivity (Wildman–Crippen MR) is 88.2 cm³/mol. The van der Waals surface area contributed by atoms with Gasteiger partial charge in [-0.05, 0) is 48.3 Å². The first kappa shape index (κ1) is 15.5. The van der Waals surface area contributed by atoms with Crippen molar-refractivity contribution in [1.82, 2.24) is 0 Å². The van der Waals surface area contributed by atoms with Crippen molar-refractivity contribution in [3.63, 3.8) is 0 Å². The quantitative estimate of drug-likeness (QED) is 0.453. The van der Waals surface area contributed by atoms with Gasteiger partial charge in [-0.2, -0.15) is 0 Å². The zero-order chi connectivity index (χ0) is 14.1. The number of benzene rings is 1. The molecule has 0 heteroatoms. The smallest absolute Gasteiger partial charge is 0.0189 e. The number of hydrogen-bond acceptors (Lipinski definition) is 0. The molecular formula is C19H26. The summed E-state index contributed by atoms with van der Waals surface area (Å²) >= 11 is 0. The number of fused-ring (bicyclic) bond motifs is 1. The van der Waals surface area contributed by atoms with Gasteiger partial charge in [-0.15, -0.1) is 6.58 Å². The third-order valence-electron chi connectivity index (χ3n) is 3.47. The Morgan fingerprint density at radius 2 is 2.05 bits per heavy atom. The van der Waals surface area contributed by atoms with E-state index in [1.807, 2.05) is 26.0 Å². The highest BCUT2D eigenvalue weighted by atomic mass is 14.2. The summed E-state index contributed by atoms with van der Waals surface area (Å²) in [5.74, 6) is 0.684. The Labute approximate surface area is 118 Å². The predicted octanol–water partition coefficient (Wildman–Crippen LogP) is 5.90. The largest absolute Gasteiger partial charge is 0.103 e. The number of unbranched alkanes of at least 4 members (excludes halogenated alkanes) is 1. The van der Waals surface area contributed by atoms with E-state index < -0.39 is 0 Å². The van der Waals surface area contributed by atoms with Crippen LogP contribution in [-0.4, -0.2) is 0 Å². The van der Waals surface area contributed by atoms with Crippen LogP contribution in [0.5, 0.6) is 0 Å². The lowest BCUT2D eigenvalue weighted by atomic mass is 9.84. The number of allylic oxidation sites excluding steroid dienone is 2. The third-order valence-corrected chi connectivity index (χ3v) is 3.47. The average Bonchev–Trinajstić information content (AvgIpc) is 2.49. The Balaban J connectivity index is 0.000000861. The van der Waals surface area contributed by atoms with E-state index >= 15 is 0 Å². The van der Waals surface area contributed by atoms with Crippen LogP contribution in [0.25, 0.3) is 12.2 Å². The molecular weight excluding hydrogens is 228 g/mol. The van der Waals surface area contributed by atoms with Gasteiger partial charge >= 0.3 is 0 Å². The van der Waals surface area contributed by atoms with Gasteiger partial charge in [0.2, 0.25) is 0 Å². The summed E-state index contributed by atoms with van der Waals surface area (Å²) in [6, 6.07) is 6.46. The minimum Gasteiger partial charge on any atom is -0.103 e. The first-order valence-electron chi connectivity index (χ1n) is 7.38. The second kappa shape index (κ2) is 8.53. The molecule has 1 aliphatic carbocycles. The molecule has 1 aromatic rings. The van der Waals surface area contributed by atoms with Crippen molar-refractivity contribution in [3.05, 3.63) is 60.2 Å².